The second-order valence-corrected chi connectivity index (χ2v) is 4.78. The fraction of sp³-hybridized carbons (Fsp3) is 0.300. The molecule has 0 aliphatic heterocycles. The molecule has 0 bridgehead atoms. The van der Waals surface area contributed by atoms with Gasteiger partial charge in [0.25, 0.3) is 0 Å². The average molecular weight is 295 g/mol. The molecule has 1 rings (SSSR count). The van der Waals surface area contributed by atoms with E-state index < -0.39 is 0 Å². The highest BCUT2D eigenvalue weighted by molar-refractivity contribution is 7.92. The van der Waals surface area contributed by atoms with E-state index >= 15 is 0 Å². The molecular formula is C10H12Cl2N2O2S. The monoisotopic (exact) mass is 294 g/mol. The normalized spacial score (nSPS) is 10.1. The van der Waals surface area contributed by atoms with Crippen molar-refractivity contribution in [1.82, 2.24) is 4.31 Å². The summed E-state index contributed by atoms with van der Waals surface area (Å²) in [5, 5.41) is 3.50. The maximum Gasteiger partial charge on any atom is 0.333 e. The summed E-state index contributed by atoms with van der Waals surface area (Å²) in [4.78, 5) is 11.7. The lowest BCUT2D eigenvalue weighted by Gasteiger charge is -2.15. The zero-order chi connectivity index (χ0) is 12.8. The molecule has 17 heavy (non-hydrogen) atoms. The molecule has 4 nitrogen and oxygen atoms in total. The molecule has 94 valence electrons. The van der Waals surface area contributed by atoms with Gasteiger partial charge in [-0.2, -0.15) is 0 Å². The van der Waals surface area contributed by atoms with Gasteiger partial charge >= 0.3 is 6.03 Å². The molecule has 0 fully saturated rings. The fourth-order valence-corrected chi connectivity index (χ4v) is 1.62. The van der Waals surface area contributed by atoms with Crippen LogP contribution in [0.15, 0.2) is 18.2 Å². The number of urea groups is 1. The lowest BCUT2D eigenvalue weighted by molar-refractivity contribution is 0.240. The van der Waals surface area contributed by atoms with Gasteiger partial charge in [0, 0.05) is 12.7 Å². The van der Waals surface area contributed by atoms with Crippen molar-refractivity contribution in [2.24, 2.45) is 0 Å². The van der Waals surface area contributed by atoms with E-state index in [-0.39, 0.29) is 6.03 Å². The van der Waals surface area contributed by atoms with Gasteiger partial charge in [-0.1, -0.05) is 23.2 Å². The highest BCUT2D eigenvalue weighted by atomic mass is 35.5. The number of hydrogen-bond donors (Lipinski definition) is 1. The molecule has 0 aromatic heterocycles. The summed E-state index contributed by atoms with van der Waals surface area (Å²) in [5.74, 6) is 0. The smallest absolute Gasteiger partial charge is 0.307 e. The summed E-state index contributed by atoms with van der Waals surface area (Å²) in [5.41, 5.74) is 0.577. The Labute approximate surface area is 115 Å². The van der Waals surface area contributed by atoms with Crippen LogP contribution in [0.1, 0.15) is 6.92 Å². The lowest BCUT2D eigenvalue weighted by Crippen LogP contribution is -2.25. The minimum Gasteiger partial charge on any atom is -0.307 e. The van der Waals surface area contributed by atoms with Crippen molar-refractivity contribution in [3.8, 4) is 0 Å². The van der Waals surface area contributed by atoms with Crippen molar-refractivity contribution < 1.29 is 8.98 Å². The molecule has 1 N–H and O–H groups in total. The van der Waals surface area contributed by atoms with Gasteiger partial charge in [0.05, 0.1) is 16.7 Å². The van der Waals surface area contributed by atoms with Gasteiger partial charge in [-0.25, -0.2) is 9.10 Å². The van der Waals surface area contributed by atoms with Crippen molar-refractivity contribution in [2.45, 2.75) is 6.92 Å². The topological polar surface area (TPSA) is 41.6 Å². The first-order valence-corrected chi connectivity index (χ1v) is 6.29. The summed E-state index contributed by atoms with van der Waals surface area (Å²) in [6, 6.07) is 4.57. The Morgan fingerprint density at radius 2 is 2.18 bits per heavy atom. The van der Waals surface area contributed by atoms with E-state index in [1.54, 1.807) is 25.2 Å². The van der Waals surface area contributed by atoms with Gasteiger partial charge in [0.1, 0.15) is 12.2 Å². The van der Waals surface area contributed by atoms with E-state index in [0.717, 1.165) is 12.2 Å². The van der Waals surface area contributed by atoms with Crippen LogP contribution in [-0.4, -0.2) is 24.0 Å². The summed E-state index contributed by atoms with van der Waals surface area (Å²) in [6.07, 6.45) is 0. The third kappa shape index (κ3) is 4.63. The number of nitrogens with zero attached hydrogens (tertiary/aromatic N) is 1. The minimum atomic E-state index is -0.304. The third-order valence-corrected chi connectivity index (χ3v) is 3.21. The zero-order valence-corrected chi connectivity index (χ0v) is 11.7. The molecule has 0 saturated carbocycles. The first-order valence-electron chi connectivity index (χ1n) is 4.84. The van der Waals surface area contributed by atoms with Crippen molar-refractivity contribution >= 4 is 47.1 Å². The van der Waals surface area contributed by atoms with Crippen molar-refractivity contribution in [2.75, 3.05) is 19.0 Å². The first-order chi connectivity index (χ1) is 8.04. The molecule has 0 spiro atoms. The van der Waals surface area contributed by atoms with Crippen molar-refractivity contribution in [1.29, 1.82) is 0 Å². The molecule has 0 aliphatic carbocycles. The Kier molecular flexibility index (Phi) is 5.91. The number of rotatable bonds is 4. The Bertz CT molecular complexity index is 404. The number of nitrogens with one attached hydrogen (secondary N) is 1. The second kappa shape index (κ2) is 6.96. The summed E-state index contributed by atoms with van der Waals surface area (Å²) in [6.45, 7) is 2.37. The quantitative estimate of drug-likeness (QED) is 0.673. The van der Waals surface area contributed by atoms with E-state index in [1.165, 1.54) is 4.31 Å². The fourth-order valence-electron chi connectivity index (χ4n) is 0.942. The molecule has 0 atom stereocenters. The van der Waals surface area contributed by atoms with Crippen LogP contribution in [0.3, 0.4) is 0 Å². The van der Waals surface area contributed by atoms with Crippen molar-refractivity contribution in [3.05, 3.63) is 28.2 Å². The number of carbonyl (C=O) groups excluding carboxylic acids is 1. The van der Waals surface area contributed by atoms with Gasteiger partial charge in [0.2, 0.25) is 0 Å². The lowest BCUT2D eigenvalue weighted by atomic mass is 10.3. The van der Waals surface area contributed by atoms with Crippen LogP contribution in [0.5, 0.6) is 0 Å². The predicted molar refractivity (Wildman–Crippen MR) is 72.5 cm³/mol. The van der Waals surface area contributed by atoms with Gasteiger partial charge in [-0.3, -0.25) is 4.18 Å². The van der Waals surface area contributed by atoms with Crippen LogP contribution in [0.25, 0.3) is 0 Å². The van der Waals surface area contributed by atoms with Crippen LogP contribution in [0.2, 0.25) is 10.0 Å². The van der Waals surface area contributed by atoms with Crippen LogP contribution in [-0.2, 0) is 4.18 Å². The van der Waals surface area contributed by atoms with Gasteiger partial charge in [-0.05, 0) is 25.1 Å². The highest BCUT2D eigenvalue weighted by Gasteiger charge is 2.10. The Morgan fingerprint density at radius 1 is 1.47 bits per heavy atom. The van der Waals surface area contributed by atoms with Gasteiger partial charge < -0.3 is 5.32 Å². The number of amides is 2. The molecular weight excluding hydrogens is 283 g/mol. The number of carbonyl (C=O) groups is 1. The molecule has 0 saturated heterocycles. The standard InChI is InChI=1S/C10H12Cl2N2O2S/c1-3-16-17-14(2)10(15)13-7-4-5-8(11)9(12)6-7/h4-6H,3H2,1-2H3,(H,13,15). The molecule has 1 aromatic carbocycles. The van der Waals surface area contributed by atoms with E-state index in [4.69, 9.17) is 27.4 Å². The Hall–Kier alpha value is -0.620. The Morgan fingerprint density at radius 3 is 2.76 bits per heavy atom. The predicted octanol–water partition coefficient (Wildman–Crippen LogP) is 4.06. The van der Waals surface area contributed by atoms with Gasteiger partial charge in [0.15, 0.2) is 0 Å². The minimum absolute atomic E-state index is 0.304. The van der Waals surface area contributed by atoms with Crippen LogP contribution in [0, 0.1) is 0 Å². The molecule has 7 heteroatoms. The molecule has 1 aromatic rings. The molecule has 0 heterocycles. The van der Waals surface area contributed by atoms with Crippen molar-refractivity contribution in [3.63, 3.8) is 0 Å². The molecule has 2 amide bonds. The average Bonchev–Trinajstić information content (AvgIpc) is 2.30. The highest BCUT2D eigenvalue weighted by Crippen LogP contribution is 2.25. The molecule has 0 unspecified atom stereocenters. The van der Waals surface area contributed by atoms with Crippen LogP contribution in [0.4, 0.5) is 10.5 Å². The number of halogens is 2. The summed E-state index contributed by atoms with van der Waals surface area (Å²) in [7, 11) is 1.60. The van der Waals surface area contributed by atoms with Gasteiger partial charge in [-0.15, -0.1) is 0 Å². The first kappa shape index (κ1) is 14.4. The van der Waals surface area contributed by atoms with E-state index in [2.05, 4.69) is 5.32 Å². The second-order valence-electron chi connectivity index (χ2n) is 3.04. The Balaban J connectivity index is 2.58. The third-order valence-electron chi connectivity index (χ3n) is 1.74. The van der Waals surface area contributed by atoms with E-state index in [1.807, 2.05) is 6.92 Å². The largest absolute Gasteiger partial charge is 0.333 e. The summed E-state index contributed by atoms with van der Waals surface area (Å²) >= 11 is 12.6. The van der Waals surface area contributed by atoms with Crippen LogP contribution < -0.4 is 5.32 Å². The number of hydrogen-bond acceptors (Lipinski definition) is 3. The number of benzene rings is 1. The summed E-state index contributed by atoms with van der Waals surface area (Å²) < 4.78 is 6.37. The molecule has 0 radical (unpaired) electrons. The SMILES string of the molecule is CCOSN(C)C(=O)Nc1ccc(Cl)c(Cl)c1. The van der Waals surface area contributed by atoms with Crippen LogP contribution >= 0.6 is 35.4 Å². The van der Waals surface area contributed by atoms with E-state index in [9.17, 15) is 4.79 Å². The van der Waals surface area contributed by atoms with E-state index in [0.29, 0.717) is 22.3 Å². The maximum absolute atomic E-state index is 11.7. The maximum atomic E-state index is 11.7. The number of anilines is 1. The zero-order valence-electron chi connectivity index (χ0n) is 9.37. The molecule has 0 aliphatic rings.